The third kappa shape index (κ3) is 5.98. The summed E-state index contributed by atoms with van der Waals surface area (Å²) in [7, 11) is -3.37. The second kappa shape index (κ2) is 9.32. The zero-order chi connectivity index (χ0) is 21.8. The number of amidine groups is 2. The molecule has 1 N–H and O–H groups in total. The van der Waals surface area contributed by atoms with Gasteiger partial charge < -0.3 is 5.32 Å². The molecule has 1 saturated heterocycles. The number of hydrogen-bond donors (Lipinski definition) is 1. The molecule has 0 spiro atoms. The molecule has 29 heavy (non-hydrogen) atoms. The van der Waals surface area contributed by atoms with E-state index in [2.05, 4.69) is 26.9 Å². The monoisotopic (exact) mass is 437 g/mol. The summed E-state index contributed by atoms with van der Waals surface area (Å²) in [4.78, 5) is 27.0. The van der Waals surface area contributed by atoms with Crippen molar-refractivity contribution < 1.29 is 13.2 Å². The molecule has 8 nitrogen and oxygen atoms in total. The summed E-state index contributed by atoms with van der Waals surface area (Å²) < 4.78 is 23.0. The minimum absolute atomic E-state index is 0.0118. The van der Waals surface area contributed by atoms with Gasteiger partial charge in [-0.05, 0) is 24.5 Å². The van der Waals surface area contributed by atoms with Crippen LogP contribution < -0.4 is 5.32 Å². The van der Waals surface area contributed by atoms with Crippen LogP contribution in [0.25, 0.3) is 0 Å². The Bertz CT molecular complexity index is 995. The van der Waals surface area contributed by atoms with Crippen LogP contribution in [0.2, 0.25) is 0 Å². The first-order valence-corrected chi connectivity index (χ1v) is 11.2. The summed E-state index contributed by atoms with van der Waals surface area (Å²) in [6, 6.07) is 3.04. The van der Waals surface area contributed by atoms with Gasteiger partial charge in [-0.3, -0.25) is 14.7 Å². The van der Waals surface area contributed by atoms with Crippen molar-refractivity contribution >= 4 is 39.0 Å². The Labute approximate surface area is 176 Å². The average molecular weight is 438 g/mol. The molecule has 0 aromatic carbocycles. The Hall–Kier alpha value is -2.52. The van der Waals surface area contributed by atoms with Crippen molar-refractivity contribution in [1.82, 2.24) is 15.2 Å². The lowest BCUT2D eigenvalue weighted by molar-refractivity contribution is -0.121. The maximum Gasteiger partial charge on any atom is 0.294 e. The van der Waals surface area contributed by atoms with Crippen LogP contribution >= 0.6 is 11.6 Å². The molecule has 0 aliphatic carbocycles. The smallest absolute Gasteiger partial charge is 0.294 e. The van der Waals surface area contributed by atoms with Crippen LogP contribution in [0.4, 0.5) is 0 Å². The molecule has 0 atom stereocenters. The number of hydrogen-bond acceptors (Lipinski definition) is 6. The fourth-order valence-electron chi connectivity index (χ4n) is 2.58. The molecule has 1 aromatic rings. The molecule has 0 saturated carbocycles. The molecule has 1 aliphatic heterocycles. The van der Waals surface area contributed by atoms with Gasteiger partial charge in [-0.1, -0.05) is 44.2 Å². The lowest BCUT2D eigenvalue weighted by Gasteiger charge is -2.32. The van der Waals surface area contributed by atoms with Crippen molar-refractivity contribution in [2.24, 2.45) is 15.9 Å². The number of carbonyl (C=O) groups excluding carboxylic acids is 1. The van der Waals surface area contributed by atoms with Gasteiger partial charge in [-0.25, -0.2) is 18.4 Å². The van der Waals surface area contributed by atoms with E-state index in [4.69, 9.17) is 11.6 Å². The standard InChI is InChI=1S/C19H24ClN5O3S/c1-6-15-18(23-13(4)20)25(11-12(2)3)19(26)17(24-15)22-10-14-7-8-16(21-9-14)29(5,27)28/h6-9,12H,4,10-11H2,1-3,5H3,(H,22,24)/b15-6+,23-18+. The first-order valence-electron chi connectivity index (χ1n) is 8.91. The van der Waals surface area contributed by atoms with Gasteiger partial charge in [0.15, 0.2) is 26.5 Å². The zero-order valence-corrected chi connectivity index (χ0v) is 18.4. The molecule has 1 aliphatic rings. The van der Waals surface area contributed by atoms with Gasteiger partial charge in [0.2, 0.25) is 0 Å². The molecule has 1 amide bonds. The van der Waals surface area contributed by atoms with Gasteiger partial charge in [0.25, 0.3) is 5.91 Å². The summed E-state index contributed by atoms with van der Waals surface area (Å²) in [5, 5.41) is 3.05. The van der Waals surface area contributed by atoms with Crippen LogP contribution in [-0.2, 0) is 21.2 Å². The number of aliphatic imine (C=N–C) groups is 2. The molecule has 156 valence electrons. The number of pyridine rings is 1. The van der Waals surface area contributed by atoms with Gasteiger partial charge in [0.1, 0.15) is 5.16 Å². The second-order valence-corrected chi connectivity index (χ2v) is 9.29. The second-order valence-electron chi connectivity index (χ2n) is 6.89. The molecule has 2 heterocycles. The summed E-state index contributed by atoms with van der Waals surface area (Å²) in [6.07, 6.45) is 4.30. The summed E-state index contributed by atoms with van der Waals surface area (Å²) in [5.74, 6) is 0.411. The lowest BCUT2D eigenvalue weighted by Crippen LogP contribution is -2.55. The maximum absolute atomic E-state index is 13.0. The average Bonchev–Trinajstić information content (AvgIpc) is 2.63. The number of piperazine rings is 1. The van der Waals surface area contributed by atoms with Crippen molar-refractivity contribution in [2.45, 2.75) is 32.3 Å². The predicted molar refractivity (Wildman–Crippen MR) is 114 cm³/mol. The Morgan fingerprint density at radius 1 is 1.41 bits per heavy atom. The van der Waals surface area contributed by atoms with Crippen LogP contribution in [-0.4, -0.2) is 48.7 Å². The number of sulfone groups is 1. The summed E-state index contributed by atoms with van der Waals surface area (Å²) in [5.41, 5.74) is 1.27. The van der Waals surface area contributed by atoms with Crippen molar-refractivity contribution in [2.75, 3.05) is 12.8 Å². The Morgan fingerprint density at radius 2 is 2.10 bits per heavy atom. The van der Waals surface area contributed by atoms with Crippen molar-refractivity contribution in [3.63, 3.8) is 0 Å². The fraction of sp³-hybridized carbons (Fsp3) is 0.368. The van der Waals surface area contributed by atoms with Gasteiger partial charge in [-0.15, -0.1) is 0 Å². The van der Waals surface area contributed by atoms with Crippen molar-refractivity contribution in [3.05, 3.63) is 47.4 Å². The van der Waals surface area contributed by atoms with Crippen molar-refractivity contribution in [3.8, 4) is 0 Å². The zero-order valence-electron chi connectivity index (χ0n) is 16.8. The predicted octanol–water partition coefficient (Wildman–Crippen LogP) is 2.48. The minimum Gasteiger partial charge on any atom is -0.333 e. The highest BCUT2D eigenvalue weighted by Crippen LogP contribution is 2.16. The van der Waals surface area contributed by atoms with Gasteiger partial charge in [0.05, 0.1) is 12.2 Å². The van der Waals surface area contributed by atoms with E-state index < -0.39 is 9.84 Å². The maximum atomic E-state index is 13.0. The number of allylic oxidation sites excluding steroid dienone is 1. The molecule has 10 heteroatoms. The third-order valence-corrected chi connectivity index (χ3v) is 4.94. The normalized spacial score (nSPS) is 19.3. The van der Waals surface area contributed by atoms with Gasteiger partial charge in [0, 0.05) is 19.0 Å². The largest absolute Gasteiger partial charge is 0.333 e. The van der Waals surface area contributed by atoms with E-state index in [0.717, 1.165) is 6.26 Å². The number of aromatic nitrogens is 1. The third-order valence-electron chi connectivity index (χ3n) is 3.86. The van der Waals surface area contributed by atoms with Crippen molar-refractivity contribution in [1.29, 1.82) is 0 Å². The van der Waals surface area contributed by atoms with E-state index in [1.807, 2.05) is 20.8 Å². The topological polar surface area (TPSA) is 104 Å². The van der Waals surface area contributed by atoms with Gasteiger partial charge in [-0.2, -0.15) is 0 Å². The van der Waals surface area contributed by atoms with Gasteiger partial charge >= 0.3 is 0 Å². The highest BCUT2D eigenvalue weighted by Gasteiger charge is 2.33. The number of halogens is 1. The van der Waals surface area contributed by atoms with E-state index in [1.54, 1.807) is 12.1 Å². The van der Waals surface area contributed by atoms with Crippen LogP contribution in [0, 0.1) is 5.92 Å². The number of nitrogens with zero attached hydrogens (tertiary/aromatic N) is 4. The first-order chi connectivity index (χ1) is 13.5. The number of amides is 1. The molecule has 2 rings (SSSR count). The molecule has 1 fully saturated rings. The van der Waals surface area contributed by atoms with E-state index >= 15 is 0 Å². The van der Waals surface area contributed by atoms with E-state index in [-0.39, 0.29) is 34.4 Å². The molecular formula is C19H24ClN5O3S. The Balaban J connectivity index is 2.33. The lowest BCUT2D eigenvalue weighted by atomic mass is 10.1. The summed E-state index contributed by atoms with van der Waals surface area (Å²) in [6.45, 7) is 9.96. The molecule has 1 aromatic heterocycles. The van der Waals surface area contributed by atoms with E-state index in [0.29, 0.717) is 23.6 Å². The molecule has 0 bridgehead atoms. The van der Waals surface area contributed by atoms with Crippen LogP contribution in [0.15, 0.2) is 56.8 Å². The fourth-order valence-corrected chi connectivity index (χ4v) is 3.22. The van der Waals surface area contributed by atoms with E-state index in [1.165, 1.54) is 17.2 Å². The SMILES string of the molecule is C=C(Cl)/N=C1\C(=C/C)NC(=NCc2ccc(S(C)(=O)=O)nc2)C(=O)N1CC(C)C. The number of nitrogens with one attached hydrogen (secondary N) is 1. The molecule has 0 radical (unpaired) electrons. The van der Waals surface area contributed by atoms with Crippen LogP contribution in [0.3, 0.4) is 0 Å². The molecular weight excluding hydrogens is 414 g/mol. The Kier molecular flexibility index (Phi) is 7.32. The highest BCUT2D eigenvalue weighted by molar-refractivity contribution is 7.90. The molecule has 0 unspecified atom stereocenters. The number of carbonyl (C=O) groups is 1. The van der Waals surface area contributed by atoms with Crippen LogP contribution in [0.5, 0.6) is 0 Å². The van der Waals surface area contributed by atoms with E-state index in [9.17, 15) is 13.2 Å². The number of rotatable bonds is 6. The minimum atomic E-state index is -3.37. The quantitative estimate of drug-likeness (QED) is 0.688. The van der Waals surface area contributed by atoms with Crippen LogP contribution in [0.1, 0.15) is 26.3 Å². The first kappa shape index (κ1) is 22.8. The highest BCUT2D eigenvalue weighted by atomic mass is 35.5. The summed E-state index contributed by atoms with van der Waals surface area (Å²) >= 11 is 5.85. The Morgan fingerprint density at radius 3 is 2.59 bits per heavy atom.